The lowest BCUT2D eigenvalue weighted by Gasteiger charge is -2.03. The van der Waals surface area contributed by atoms with Crippen molar-refractivity contribution in [3.8, 4) is 0 Å². The van der Waals surface area contributed by atoms with Gasteiger partial charge in [0.05, 0.1) is 0 Å². The highest BCUT2D eigenvalue weighted by Gasteiger charge is 2.23. The third-order valence-electron chi connectivity index (χ3n) is 1.33. The molecule has 0 aromatic heterocycles. The SMILES string of the molecule is CC(C)=CC(=O)OC(=O)C(C)C(=O)O. The Kier molecular flexibility index (Phi) is 4.55. The fourth-order valence-corrected chi connectivity index (χ4v) is 0.554. The highest BCUT2D eigenvalue weighted by atomic mass is 16.6. The number of carbonyl (C=O) groups is 3. The maximum absolute atomic E-state index is 10.9. The van der Waals surface area contributed by atoms with Gasteiger partial charge < -0.3 is 9.84 Å². The molecule has 5 nitrogen and oxygen atoms in total. The molecule has 0 heterocycles. The van der Waals surface area contributed by atoms with Crippen LogP contribution >= 0.6 is 0 Å². The van der Waals surface area contributed by atoms with Gasteiger partial charge in [-0.3, -0.25) is 9.59 Å². The van der Waals surface area contributed by atoms with Gasteiger partial charge in [-0.1, -0.05) is 5.57 Å². The zero-order valence-corrected chi connectivity index (χ0v) is 8.23. The van der Waals surface area contributed by atoms with Gasteiger partial charge in [0.25, 0.3) is 0 Å². The van der Waals surface area contributed by atoms with Crippen molar-refractivity contribution in [3.05, 3.63) is 11.6 Å². The monoisotopic (exact) mass is 200 g/mol. The molecule has 0 rings (SSSR count). The van der Waals surface area contributed by atoms with Crippen LogP contribution in [0.15, 0.2) is 11.6 Å². The van der Waals surface area contributed by atoms with Gasteiger partial charge in [-0.2, -0.15) is 0 Å². The minimum absolute atomic E-state index is 0.672. The molecule has 0 spiro atoms. The van der Waals surface area contributed by atoms with E-state index in [-0.39, 0.29) is 0 Å². The molecule has 1 N–H and O–H groups in total. The van der Waals surface area contributed by atoms with Gasteiger partial charge in [-0.25, -0.2) is 4.79 Å². The van der Waals surface area contributed by atoms with Crippen molar-refractivity contribution in [1.29, 1.82) is 0 Å². The minimum Gasteiger partial charge on any atom is -0.481 e. The number of esters is 2. The van der Waals surface area contributed by atoms with E-state index in [4.69, 9.17) is 5.11 Å². The zero-order valence-electron chi connectivity index (χ0n) is 8.23. The molecule has 0 saturated carbocycles. The number of hydrogen-bond donors (Lipinski definition) is 1. The molecule has 0 aliphatic carbocycles. The number of rotatable bonds is 3. The first-order chi connectivity index (χ1) is 6.34. The normalized spacial score (nSPS) is 11.4. The predicted octanol–water partition coefficient (Wildman–Crippen LogP) is 0.743. The number of carbonyl (C=O) groups excluding carboxylic acids is 2. The van der Waals surface area contributed by atoms with Gasteiger partial charge in [0.1, 0.15) is 0 Å². The summed E-state index contributed by atoms with van der Waals surface area (Å²) in [6, 6.07) is 0. The second kappa shape index (κ2) is 5.16. The van der Waals surface area contributed by atoms with Gasteiger partial charge in [0.2, 0.25) is 0 Å². The van der Waals surface area contributed by atoms with Crippen LogP contribution in [-0.4, -0.2) is 23.0 Å². The van der Waals surface area contributed by atoms with Gasteiger partial charge >= 0.3 is 17.9 Å². The Labute approximate surface area is 81.4 Å². The highest BCUT2D eigenvalue weighted by molar-refractivity contribution is 6.00. The van der Waals surface area contributed by atoms with Crippen LogP contribution in [0.4, 0.5) is 0 Å². The number of allylic oxidation sites excluding steroid dienone is 1. The predicted molar refractivity (Wildman–Crippen MR) is 47.3 cm³/mol. The molecule has 78 valence electrons. The number of aliphatic carboxylic acids is 1. The van der Waals surface area contributed by atoms with Crippen molar-refractivity contribution in [2.75, 3.05) is 0 Å². The van der Waals surface area contributed by atoms with E-state index in [1.165, 1.54) is 0 Å². The quantitative estimate of drug-likeness (QED) is 0.413. The Hall–Kier alpha value is -1.65. The lowest BCUT2D eigenvalue weighted by atomic mass is 10.2. The summed E-state index contributed by atoms with van der Waals surface area (Å²) >= 11 is 0. The van der Waals surface area contributed by atoms with Gasteiger partial charge in [0, 0.05) is 6.08 Å². The van der Waals surface area contributed by atoms with E-state index in [1.807, 2.05) is 0 Å². The van der Waals surface area contributed by atoms with E-state index in [2.05, 4.69) is 4.74 Å². The van der Waals surface area contributed by atoms with Crippen LogP contribution < -0.4 is 0 Å². The summed E-state index contributed by atoms with van der Waals surface area (Å²) in [7, 11) is 0. The zero-order chi connectivity index (χ0) is 11.3. The smallest absolute Gasteiger partial charge is 0.338 e. The molecule has 0 aliphatic rings. The second-order valence-corrected chi connectivity index (χ2v) is 3.02. The number of carboxylic acids is 1. The molecule has 0 aromatic carbocycles. The van der Waals surface area contributed by atoms with Gasteiger partial charge in [0.15, 0.2) is 5.92 Å². The van der Waals surface area contributed by atoms with Crippen molar-refractivity contribution < 1.29 is 24.2 Å². The third kappa shape index (κ3) is 4.39. The molecule has 14 heavy (non-hydrogen) atoms. The summed E-state index contributed by atoms with van der Waals surface area (Å²) in [5.41, 5.74) is 0.672. The number of hydrogen-bond acceptors (Lipinski definition) is 4. The first-order valence-electron chi connectivity index (χ1n) is 3.98. The third-order valence-corrected chi connectivity index (χ3v) is 1.33. The molecule has 1 unspecified atom stereocenters. The Morgan fingerprint density at radius 2 is 1.79 bits per heavy atom. The maximum atomic E-state index is 10.9. The van der Waals surface area contributed by atoms with Gasteiger partial charge in [-0.15, -0.1) is 0 Å². The lowest BCUT2D eigenvalue weighted by molar-refractivity contribution is -0.163. The van der Waals surface area contributed by atoms with Crippen LogP contribution in [0.1, 0.15) is 20.8 Å². The van der Waals surface area contributed by atoms with E-state index in [1.54, 1.807) is 13.8 Å². The molecule has 0 bridgehead atoms. The van der Waals surface area contributed by atoms with Crippen LogP contribution in [0, 0.1) is 5.92 Å². The number of carboxylic acid groups (broad SMARTS) is 1. The van der Waals surface area contributed by atoms with E-state index < -0.39 is 23.8 Å². The van der Waals surface area contributed by atoms with Crippen LogP contribution in [-0.2, 0) is 19.1 Å². The molecule has 0 saturated heterocycles. The molecule has 0 aromatic rings. The number of ether oxygens (including phenoxy) is 1. The van der Waals surface area contributed by atoms with Gasteiger partial charge in [-0.05, 0) is 20.8 Å². The minimum atomic E-state index is -1.33. The van der Waals surface area contributed by atoms with Crippen molar-refractivity contribution in [1.82, 2.24) is 0 Å². The summed E-state index contributed by atoms with van der Waals surface area (Å²) in [6.45, 7) is 4.47. The van der Waals surface area contributed by atoms with E-state index >= 15 is 0 Å². The highest BCUT2D eigenvalue weighted by Crippen LogP contribution is 2.00. The Morgan fingerprint density at radius 1 is 1.29 bits per heavy atom. The standard InChI is InChI=1S/C9H12O5/c1-5(2)4-7(10)14-9(13)6(3)8(11)12/h4,6H,1-3H3,(H,11,12). The van der Waals surface area contributed by atoms with Crippen LogP contribution in [0.5, 0.6) is 0 Å². The summed E-state index contributed by atoms with van der Waals surface area (Å²) in [4.78, 5) is 32.1. The molecule has 1 atom stereocenters. The molecular formula is C9H12O5. The van der Waals surface area contributed by atoms with Crippen molar-refractivity contribution in [2.45, 2.75) is 20.8 Å². The lowest BCUT2D eigenvalue weighted by Crippen LogP contribution is -2.24. The molecular weight excluding hydrogens is 188 g/mol. The second-order valence-electron chi connectivity index (χ2n) is 3.02. The first-order valence-corrected chi connectivity index (χ1v) is 3.98. The summed E-state index contributed by atoms with van der Waals surface area (Å²) in [5, 5.41) is 8.42. The molecule has 0 fully saturated rings. The first kappa shape index (κ1) is 12.3. The summed E-state index contributed by atoms with van der Waals surface area (Å²) in [6.07, 6.45) is 1.12. The Morgan fingerprint density at radius 3 is 2.14 bits per heavy atom. The molecule has 0 amide bonds. The van der Waals surface area contributed by atoms with Crippen LogP contribution in [0.2, 0.25) is 0 Å². The average molecular weight is 200 g/mol. The topological polar surface area (TPSA) is 80.7 Å². The fourth-order valence-electron chi connectivity index (χ4n) is 0.554. The maximum Gasteiger partial charge on any atom is 0.338 e. The molecule has 0 aliphatic heterocycles. The average Bonchev–Trinajstić information content (AvgIpc) is 2.00. The van der Waals surface area contributed by atoms with Crippen molar-refractivity contribution in [2.24, 2.45) is 5.92 Å². The summed E-state index contributed by atoms with van der Waals surface area (Å²) < 4.78 is 4.25. The fraction of sp³-hybridized carbons (Fsp3) is 0.444. The largest absolute Gasteiger partial charge is 0.481 e. The molecule has 5 heteroatoms. The molecule has 0 radical (unpaired) electrons. The Balaban J connectivity index is 4.27. The van der Waals surface area contributed by atoms with Crippen LogP contribution in [0.3, 0.4) is 0 Å². The van der Waals surface area contributed by atoms with Crippen LogP contribution in [0.25, 0.3) is 0 Å². The van der Waals surface area contributed by atoms with E-state index in [0.717, 1.165) is 13.0 Å². The van der Waals surface area contributed by atoms with E-state index in [9.17, 15) is 14.4 Å². The van der Waals surface area contributed by atoms with Crippen molar-refractivity contribution >= 4 is 17.9 Å². The van der Waals surface area contributed by atoms with E-state index in [0.29, 0.717) is 5.57 Å². The summed E-state index contributed by atoms with van der Waals surface area (Å²) in [5.74, 6) is -4.55. The Bertz CT molecular complexity index is 286. The van der Waals surface area contributed by atoms with Crippen molar-refractivity contribution in [3.63, 3.8) is 0 Å².